The lowest BCUT2D eigenvalue weighted by molar-refractivity contribution is 0.484. The minimum absolute atomic E-state index is 0.0389. The third-order valence-electron chi connectivity index (χ3n) is 3.18. The van der Waals surface area contributed by atoms with Crippen LogP contribution in [0.3, 0.4) is 0 Å². The zero-order valence-electron chi connectivity index (χ0n) is 12.8. The van der Waals surface area contributed by atoms with Crippen molar-refractivity contribution in [2.24, 2.45) is 5.14 Å². The van der Waals surface area contributed by atoms with Crippen LogP contribution in [0.25, 0.3) is 0 Å². The van der Waals surface area contributed by atoms with E-state index in [2.05, 4.69) is 12.2 Å². The second-order valence-corrected chi connectivity index (χ2v) is 6.90. The summed E-state index contributed by atoms with van der Waals surface area (Å²) in [6, 6.07) is 12.1. The van der Waals surface area contributed by atoms with Crippen LogP contribution in [0.1, 0.15) is 19.8 Å². The Morgan fingerprint density at radius 2 is 1.87 bits per heavy atom. The summed E-state index contributed by atoms with van der Waals surface area (Å²) in [7, 11) is -3.90. The van der Waals surface area contributed by atoms with E-state index in [0.29, 0.717) is 23.7 Å². The Kier molecular flexibility index (Phi) is 5.87. The fourth-order valence-electron chi connectivity index (χ4n) is 2.01. The predicted octanol–water partition coefficient (Wildman–Crippen LogP) is 3.99. The number of hydrogen-bond acceptors (Lipinski definition) is 4. The molecule has 0 unspecified atom stereocenters. The Labute approximate surface area is 141 Å². The first-order valence-corrected chi connectivity index (χ1v) is 9.18. The van der Waals surface area contributed by atoms with E-state index in [0.717, 1.165) is 12.8 Å². The van der Waals surface area contributed by atoms with Crippen molar-refractivity contribution in [3.8, 4) is 11.5 Å². The summed E-state index contributed by atoms with van der Waals surface area (Å²) in [5.41, 5.74) is 0.426. The van der Waals surface area contributed by atoms with Crippen LogP contribution in [0.15, 0.2) is 47.4 Å². The number of primary sulfonamides is 1. The molecule has 0 amide bonds. The number of nitrogens with one attached hydrogen (secondary N) is 1. The highest BCUT2D eigenvalue weighted by Gasteiger charge is 2.20. The van der Waals surface area contributed by atoms with Gasteiger partial charge in [-0.25, -0.2) is 13.6 Å². The Balaban J connectivity index is 2.42. The predicted molar refractivity (Wildman–Crippen MR) is 92.7 cm³/mol. The Morgan fingerprint density at radius 3 is 2.48 bits per heavy atom. The number of anilines is 1. The zero-order chi connectivity index (χ0) is 16.9. The molecule has 124 valence electrons. The Hall–Kier alpha value is -1.76. The number of benzene rings is 2. The van der Waals surface area contributed by atoms with E-state index < -0.39 is 10.0 Å². The highest BCUT2D eigenvalue weighted by molar-refractivity contribution is 7.89. The van der Waals surface area contributed by atoms with Gasteiger partial charge < -0.3 is 10.1 Å². The number of halogens is 1. The van der Waals surface area contributed by atoms with Gasteiger partial charge in [0.25, 0.3) is 0 Å². The van der Waals surface area contributed by atoms with Crippen LogP contribution in [-0.2, 0) is 10.0 Å². The molecule has 2 aromatic carbocycles. The second-order valence-electron chi connectivity index (χ2n) is 4.99. The average molecular weight is 355 g/mol. The molecule has 0 aliphatic heterocycles. The van der Waals surface area contributed by atoms with Crippen LogP contribution in [0.5, 0.6) is 11.5 Å². The van der Waals surface area contributed by atoms with Gasteiger partial charge in [-0.05, 0) is 30.7 Å². The fourth-order valence-corrected chi connectivity index (χ4v) is 3.17. The second kappa shape index (κ2) is 7.68. The normalized spacial score (nSPS) is 11.3. The third-order valence-corrected chi connectivity index (χ3v) is 4.64. The molecule has 0 bridgehead atoms. The van der Waals surface area contributed by atoms with Gasteiger partial charge in [0.1, 0.15) is 10.6 Å². The fraction of sp³-hybridized carbons (Fsp3) is 0.250. The van der Waals surface area contributed by atoms with E-state index in [9.17, 15) is 8.42 Å². The number of unbranched alkanes of at least 4 members (excludes halogenated alkanes) is 1. The van der Waals surface area contributed by atoms with Gasteiger partial charge >= 0.3 is 0 Å². The molecule has 5 nitrogen and oxygen atoms in total. The number of ether oxygens (including phenoxy) is 1. The summed E-state index contributed by atoms with van der Waals surface area (Å²) < 4.78 is 29.1. The largest absolute Gasteiger partial charge is 0.455 e. The molecule has 0 heterocycles. The SMILES string of the molecule is CCCCNc1c(Oc2ccccc2)ccc(S(N)(=O)=O)c1Cl. The lowest BCUT2D eigenvalue weighted by Crippen LogP contribution is -2.14. The molecule has 2 rings (SSSR count). The van der Waals surface area contributed by atoms with Crippen molar-refractivity contribution >= 4 is 27.3 Å². The molecule has 0 radical (unpaired) electrons. The maximum absolute atomic E-state index is 11.6. The zero-order valence-corrected chi connectivity index (χ0v) is 14.3. The van der Waals surface area contributed by atoms with Gasteiger partial charge in [-0.1, -0.05) is 43.1 Å². The highest BCUT2D eigenvalue weighted by atomic mass is 35.5. The number of sulfonamides is 1. The van der Waals surface area contributed by atoms with Crippen molar-refractivity contribution in [3.63, 3.8) is 0 Å². The van der Waals surface area contributed by atoms with Crippen molar-refractivity contribution in [1.82, 2.24) is 0 Å². The van der Waals surface area contributed by atoms with E-state index >= 15 is 0 Å². The number of para-hydroxylation sites is 1. The van der Waals surface area contributed by atoms with E-state index in [4.69, 9.17) is 21.5 Å². The summed E-state index contributed by atoms with van der Waals surface area (Å²) in [5, 5.41) is 8.38. The lowest BCUT2D eigenvalue weighted by Gasteiger charge is -2.16. The molecule has 0 saturated carbocycles. The third kappa shape index (κ3) is 4.60. The minimum Gasteiger partial charge on any atom is -0.455 e. The van der Waals surface area contributed by atoms with E-state index in [1.54, 1.807) is 18.2 Å². The molecule has 0 spiro atoms. The summed E-state index contributed by atoms with van der Waals surface area (Å²) in [5.74, 6) is 1.08. The van der Waals surface area contributed by atoms with Crippen LogP contribution in [0.4, 0.5) is 5.69 Å². The van der Waals surface area contributed by atoms with Gasteiger partial charge in [-0.2, -0.15) is 0 Å². The molecule has 0 fully saturated rings. The van der Waals surface area contributed by atoms with Crippen molar-refractivity contribution < 1.29 is 13.2 Å². The summed E-state index contributed by atoms with van der Waals surface area (Å²) in [6.45, 7) is 2.71. The molecule has 7 heteroatoms. The first kappa shape index (κ1) is 17.6. The topological polar surface area (TPSA) is 81.4 Å². The molecular weight excluding hydrogens is 336 g/mol. The molecule has 0 aliphatic carbocycles. The molecule has 3 N–H and O–H groups in total. The van der Waals surface area contributed by atoms with Crippen molar-refractivity contribution in [2.45, 2.75) is 24.7 Å². The molecular formula is C16H19ClN2O3S. The number of hydrogen-bond donors (Lipinski definition) is 2. The molecule has 0 aliphatic rings. The Morgan fingerprint density at radius 1 is 1.17 bits per heavy atom. The smallest absolute Gasteiger partial charge is 0.239 e. The van der Waals surface area contributed by atoms with Gasteiger partial charge in [0.15, 0.2) is 5.75 Å². The van der Waals surface area contributed by atoms with Gasteiger partial charge in [0.05, 0.1) is 10.7 Å². The lowest BCUT2D eigenvalue weighted by atomic mass is 10.2. The van der Waals surface area contributed by atoms with Crippen LogP contribution >= 0.6 is 11.6 Å². The van der Waals surface area contributed by atoms with Crippen LogP contribution in [-0.4, -0.2) is 15.0 Å². The highest BCUT2D eigenvalue weighted by Crippen LogP contribution is 2.39. The van der Waals surface area contributed by atoms with Crippen LogP contribution in [0.2, 0.25) is 5.02 Å². The summed E-state index contributed by atoms with van der Waals surface area (Å²) in [4.78, 5) is -0.126. The molecule has 2 aromatic rings. The quantitative estimate of drug-likeness (QED) is 0.736. The maximum atomic E-state index is 11.6. The maximum Gasteiger partial charge on any atom is 0.239 e. The van der Waals surface area contributed by atoms with Gasteiger partial charge in [0, 0.05) is 6.54 Å². The molecule has 0 atom stereocenters. The van der Waals surface area contributed by atoms with Gasteiger partial charge in [0.2, 0.25) is 10.0 Å². The first-order valence-electron chi connectivity index (χ1n) is 7.25. The number of rotatable bonds is 7. The monoisotopic (exact) mass is 354 g/mol. The van der Waals surface area contributed by atoms with Crippen molar-refractivity contribution in [2.75, 3.05) is 11.9 Å². The van der Waals surface area contributed by atoms with E-state index in [1.807, 2.05) is 18.2 Å². The summed E-state index contributed by atoms with van der Waals surface area (Å²) >= 11 is 6.24. The van der Waals surface area contributed by atoms with Crippen molar-refractivity contribution in [1.29, 1.82) is 0 Å². The molecule has 0 saturated heterocycles. The van der Waals surface area contributed by atoms with E-state index in [1.165, 1.54) is 6.07 Å². The number of nitrogens with two attached hydrogens (primary N) is 1. The first-order chi connectivity index (χ1) is 10.9. The van der Waals surface area contributed by atoms with Crippen molar-refractivity contribution in [3.05, 3.63) is 47.5 Å². The average Bonchev–Trinajstić information content (AvgIpc) is 2.50. The van der Waals surface area contributed by atoms with Gasteiger partial charge in [-0.15, -0.1) is 0 Å². The molecule has 0 aromatic heterocycles. The van der Waals surface area contributed by atoms with E-state index in [-0.39, 0.29) is 9.92 Å². The van der Waals surface area contributed by atoms with Gasteiger partial charge in [-0.3, -0.25) is 0 Å². The van der Waals surface area contributed by atoms with Crippen LogP contribution < -0.4 is 15.2 Å². The standard InChI is InChI=1S/C16H19ClN2O3S/c1-2-3-11-19-16-13(22-12-7-5-4-6-8-12)9-10-14(15(16)17)23(18,20)21/h4-10,19H,2-3,11H2,1H3,(H2,18,20,21). The van der Waals surface area contributed by atoms with Crippen LogP contribution in [0, 0.1) is 0 Å². The Bertz CT molecular complexity index is 764. The summed E-state index contributed by atoms with van der Waals surface area (Å²) in [6.07, 6.45) is 1.91. The molecule has 23 heavy (non-hydrogen) atoms. The minimum atomic E-state index is -3.90.